The fourth-order valence-corrected chi connectivity index (χ4v) is 11.1. The quantitative estimate of drug-likeness (QED) is 0.215. The van der Waals surface area contributed by atoms with Crippen molar-refractivity contribution in [2.75, 3.05) is 0 Å². The summed E-state index contributed by atoms with van der Waals surface area (Å²) in [6, 6.07) is 14.1. The van der Waals surface area contributed by atoms with Crippen molar-refractivity contribution < 1.29 is 0 Å². The van der Waals surface area contributed by atoms with E-state index >= 15 is 0 Å². The molecule has 0 bridgehead atoms. The van der Waals surface area contributed by atoms with E-state index in [0.29, 0.717) is 0 Å². The van der Waals surface area contributed by atoms with Gasteiger partial charge in [-0.2, -0.15) is 0 Å². The van der Waals surface area contributed by atoms with Gasteiger partial charge in [-0.3, -0.25) is 0 Å². The van der Waals surface area contributed by atoms with Gasteiger partial charge in [0.25, 0.3) is 0 Å². The Hall–Kier alpha value is -1.80. The van der Waals surface area contributed by atoms with Crippen LogP contribution in [0.2, 0.25) is 0 Å². The first-order valence-corrected chi connectivity index (χ1v) is 14.6. The highest BCUT2D eigenvalue weighted by molar-refractivity contribution is 7.32. The van der Waals surface area contributed by atoms with Crippen molar-refractivity contribution in [2.24, 2.45) is 0 Å². The van der Waals surface area contributed by atoms with Crippen molar-refractivity contribution >= 4 is 129 Å². The molecule has 0 aliphatic heterocycles. The van der Waals surface area contributed by atoms with Gasteiger partial charge in [0, 0.05) is 70.3 Å². The highest BCUT2D eigenvalue weighted by Gasteiger charge is 2.18. The van der Waals surface area contributed by atoms with Crippen LogP contribution < -0.4 is 0 Å². The van der Waals surface area contributed by atoms with E-state index in [1.54, 1.807) is 0 Å². The van der Waals surface area contributed by atoms with Crippen LogP contribution in [-0.2, 0) is 0 Å². The lowest BCUT2D eigenvalue weighted by Gasteiger charge is -1.96. The number of fused-ring (bicyclic) bond motifs is 12. The number of thiophene rings is 6. The summed E-state index contributed by atoms with van der Waals surface area (Å²) in [4.78, 5) is 2.79. The summed E-state index contributed by atoms with van der Waals surface area (Å²) in [6.07, 6.45) is 0. The van der Waals surface area contributed by atoms with E-state index < -0.39 is 0 Å². The van der Waals surface area contributed by atoms with E-state index in [1.165, 1.54) is 70.3 Å². The third-order valence-electron chi connectivity index (χ3n) is 5.84. The largest absolute Gasteiger partial charge is 0.143 e. The van der Waals surface area contributed by atoms with Gasteiger partial charge in [0.15, 0.2) is 0 Å². The van der Waals surface area contributed by atoms with Gasteiger partial charge in [0.1, 0.15) is 0 Å². The smallest absolute Gasteiger partial charge is 0.0456 e. The number of hydrogen-bond acceptors (Lipinski definition) is 6. The molecule has 8 aromatic rings. The number of benzene rings is 2. The zero-order valence-corrected chi connectivity index (χ0v) is 20.1. The Bertz CT molecular complexity index is 1630. The molecule has 142 valence electrons. The molecule has 0 aliphatic rings. The molecule has 0 saturated heterocycles. The molecule has 8 rings (SSSR count). The molecular formula is C24H10S6. The molecule has 0 unspecified atom stereocenters. The first-order chi connectivity index (χ1) is 14.9. The molecule has 0 saturated carbocycles. The Morgan fingerprint density at radius 2 is 0.700 bits per heavy atom. The summed E-state index contributed by atoms with van der Waals surface area (Å²) in [5.41, 5.74) is 0. The van der Waals surface area contributed by atoms with Crippen LogP contribution in [0.4, 0.5) is 0 Å². The van der Waals surface area contributed by atoms with Crippen molar-refractivity contribution in [3.63, 3.8) is 0 Å². The van der Waals surface area contributed by atoms with E-state index in [0.717, 1.165) is 0 Å². The van der Waals surface area contributed by atoms with E-state index in [9.17, 15) is 0 Å². The standard InChI is InChI=1S/C24H10S6/c1-5-27-21-11(1)19-13(3-7-25-19)23-15(21)9-17(29-23)18-10-16-22-12(2-6-28-22)20-14(4-8-26-20)24(16)30-18/h1-10H. The summed E-state index contributed by atoms with van der Waals surface area (Å²) in [5, 5.41) is 17.5. The highest BCUT2D eigenvalue weighted by Crippen LogP contribution is 2.50. The Morgan fingerprint density at radius 1 is 0.367 bits per heavy atom. The van der Waals surface area contributed by atoms with Crippen LogP contribution in [0.1, 0.15) is 0 Å². The molecule has 0 atom stereocenters. The van der Waals surface area contributed by atoms with E-state index in [2.05, 4.69) is 57.9 Å². The van der Waals surface area contributed by atoms with Crippen molar-refractivity contribution in [1.29, 1.82) is 0 Å². The predicted molar refractivity (Wildman–Crippen MR) is 144 cm³/mol. The monoisotopic (exact) mass is 490 g/mol. The molecule has 0 amide bonds. The van der Waals surface area contributed by atoms with Gasteiger partial charge in [-0.15, -0.1) is 68.0 Å². The molecule has 30 heavy (non-hydrogen) atoms. The summed E-state index contributed by atoms with van der Waals surface area (Å²) >= 11 is 11.4. The molecule has 6 aromatic heterocycles. The van der Waals surface area contributed by atoms with Crippen LogP contribution in [0.3, 0.4) is 0 Å². The van der Waals surface area contributed by atoms with Gasteiger partial charge in [0.2, 0.25) is 0 Å². The molecule has 0 spiro atoms. The van der Waals surface area contributed by atoms with Crippen LogP contribution in [-0.4, -0.2) is 0 Å². The molecule has 2 aromatic carbocycles. The molecule has 0 aliphatic carbocycles. The van der Waals surface area contributed by atoms with Gasteiger partial charge in [-0.05, 0) is 57.9 Å². The summed E-state index contributed by atoms with van der Waals surface area (Å²) < 4.78 is 8.62. The minimum absolute atomic E-state index is 1.40. The Morgan fingerprint density at radius 3 is 1.10 bits per heavy atom. The number of rotatable bonds is 1. The van der Waals surface area contributed by atoms with Gasteiger partial charge in [-0.1, -0.05) is 0 Å². The molecule has 6 heteroatoms. The SMILES string of the molecule is c1cc2c(s1)c1ccsc1c1cc(-c3cc4c5sccc5c5sccc5c4s3)sc21. The molecule has 0 radical (unpaired) electrons. The normalized spacial score (nSPS) is 12.7. The van der Waals surface area contributed by atoms with E-state index in [1.807, 2.05) is 68.0 Å². The van der Waals surface area contributed by atoms with Crippen molar-refractivity contribution in [3.05, 3.63) is 57.9 Å². The zero-order valence-electron chi connectivity index (χ0n) is 15.2. The minimum Gasteiger partial charge on any atom is -0.143 e. The lowest BCUT2D eigenvalue weighted by molar-refractivity contribution is 2.04. The molecule has 0 fully saturated rings. The summed E-state index contributed by atoms with van der Waals surface area (Å²) in [5.74, 6) is 0. The minimum atomic E-state index is 1.40. The topological polar surface area (TPSA) is 0 Å². The van der Waals surface area contributed by atoms with Crippen LogP contribution >= 0.6 is 68.0 Å². The Balaban J connectivity index is 1.50. The van der Waals surface area contributed by atoms with Crippen molar-refractivity contribution in [1.82, 2.24) is 0 Å². The average molecular weight is 491 g/mol. The summed E-state index contributed by atoms with van der Waals surface area (Å²) in [6.45, 7) is 0. The van der Waals surface area contributed by atoms with Crippen LogP contribution in [0, 0.1) is 0 Å². The maximum atomic E-state index is 2.44. The highest BCUT2D eigenvalue weighted by atomic mass is 32.1. The second-order valence-electron chi connectivity index (χ2n) is 7.36. The lowest BCUT2D eigenvalue weighted by atomic mass is 10.1. The molecule has 0 N–H and O–H groups in total. The van der Waals surface area contributed by atoms with Crippen molar-refractivity contribution in [2.45, 2.75) is 0 Å². The van der Waals surface area contributed by atoms with Crippen LogP contribution in [0.15, 0.2) is 57.9 Å². The van der Waals surface area contributed by atoms with Gasteiger partial charge >= 0.3 is 0 Å². The zero-order chi connectivity index (χ0) is 19.4. The van der Waals surface area contributed by atoms with Crippen LogP contribution in [0.25, 0.3) is 70.3 Å². The molecule has 0 nitrogen and oxygen atoms in total. The fourth-order valence-electron chi connectivity index (χ4n) is 4.55. The summed E-state index contributed by atoms with van der Waals surface area (Å²) in [7, 11) is 0. The maximum Gasteiger partial charge on any atom is 0.0456 e. The predicted octanol–water partition coefficient (Wildman–Crippen LogP) is 10.6. The molecular weight excluding hydrogens is 481 g/mol. The number of hydrogen-bond donors (Lipinski definition) is 0. The van der Waals surface area contributed by atoms with Gasteiger partial charge < -0.3 is 0 Å². The second-order valence-corrected chi connectivity index (χ2v) is 13.1. The molecule has 6 heterocycles. The van der Waals surface area contributed by atoms with E-state index in [-0.39, 0.29) is 0 Å². The van der Waals surface area contributed by atoms with Gasteiger partial charge in [0.05, 0.1) is 0 Å². The second kappa shape index (κ2) is 5.91. The first-order valence-electron chi connectivity index (χ1n) is 9.47. The average Bonchev–Trinajstić information content (AvgIpc) is 3.57. The third-order valence-corrected chi connectivity index (χ3v) is 12.2. The Labute approximate surface area is 194 Å². The van der Waals surface area contributed by atoms with Gasteiger partial charge in [-0.25, -0.2) is 0 Å². The fraction of sp³-hybridized carbons (Fsp3) is 0. The van der Waals surface area contributed by atoms with Crippen molar-refractivity contribution in [3.8, 4) is 9.75 Å². The Kier molecular flexibility index (Phi) is 3.32. The first kappa shape index (κ1) is 16.8. The third kappa shape index (κ3) is 2.04. The van der Waals surface area contributed by atoms with Crippen LogP contribution in [0.5, 0.6) is 0 Å². The van der Waals surface area contributed by atoms with E-state index in [4.69, 9.17) is 0 Å². The lowest BCUT2D eigenvalue weighted by Crippen LogP contribution is -1.67. The maximum absolute atomic E-state index is 2.44.